The van der Waals surface area contributed by atoms with Gasteiger partial charge in [0.2, 0.25) is 0 Å². The van der Waals surface area contributed by atoms with E-state index in [-0.39, 0.29) is 0 Å². The Labute approximate surface area is 110 Å². The van der Waals surface area contributed by atoms with Crippen LogP contribution in [-0.2, 0) is 0 Å². The summed E-state index contributed by atoms with van der Waals surface area (Å²) in [6, 6.07) is 5.30. The molecule has 2 rings (SSSR count). The van der Waals surface area contributed by atoms with Crippen LogP contribution in [0.25, 0.3) is 5.69 Å². The summed E-state index contributed by atoms with van der Waals surface area (Å²) < 4.78 is 6.72. The lowest BCUT2D eigenvalue weighted by molar-refractivity contribution is 0.169. The van der Waals surface area contributed by atoms with Gasteiger partial charge in [-0.05, 0) is 18.6 Å². The van der Waals surface area contributed by atoms with Crippen molar-refractivity contribution in [2.75, 3.05) is 7.11 Å². The summed E-state index contributed by atoms with van der Waals surface area (Å²) in [5.41, 5.74) is 1.32. The first kappa shape index (κ1) is 12.9. The van der Waals surface area contributed by atoms with E-state index in [1.54, 1.807) is 30.1 Å². The molecule has 18 heavy (non-hydrogen) atoms. The smallest absolute Gasteiger partial charge is 0.139 e. The fourth-order valence-electron chi connectivity index (χ4n) is 1.56. The molecule has 0 bridgehead atoms. The van der Waals surface area contributed by atoms with Crippen molar-refractivity contribution in [1.29, 1.82) is 0 Å². The summed E-state index contributed by atoms with van der Waals surface area (Å²) in [5, 5.41) is 18.1. The minimum atomic E-state index is -0.590. The SMILES string of the molecule is CCC(O)c1cn(-c2ccc(Cl)c(OC)c2)nn1. The number of benzene rings is 1. The zero-order chi connectivity index (χ0) is 13.1. The molecular weight excluding hydrogens is 254 g/mol. The number of aliphatic hydroxyl groups is 1. The maximum Gasteiger partial charge on any atom is 0.139 e. The highest BCUT2D eigenvalue weighted by atomic mass is 35.5. The molecular formula is C12H14ClN3O2. The van der Waals surface area contributed by atoms with Crippen molar-refractivity contribution in [1.82, 2.24) is 15.0 Å². The maximum absolute atomic E-state index is 9.67. The normalized spacial score (nSPS) is 12.4. The van der Waals surface area contributed by atoms with Gasteiger partial charge in [-0.2, -0.15) is 0 Å². The molecule has 5 nitrogen and oxygen atoms in total. The summed E-state index contributed by atoms with van der Waals surface area (Å²) in [7, 11) is 1.55. The van der Waals surface area contributed by atoms with Crippen molar-refractivity contribution in [2.24, 2.45) is 0 Å². The molecule has 2 aromatic rings. The molecule has 0 saturated heterocycles. The highest BCUT2D eigenvalue weighted by Crippen LogP contribution is 2.26. The summed E-state index contributed by atoms with van der Waals surface area (Å²) in [5.74, 6) is 0.572. The molecule has 0 spiro atoms. The lowest BCUT2D eigenvalue weighted by atomic mass is 10.2. The van der Waals surface area contributed by atoms with Crippen LogP contribution < -0.4 is 4.74 Å². The molecule has 1 heterocycles. The molecule has 96 valence electrons. The predicted molar refractivity (Wildman–Crippen MR) is 68.2 cm³/mol. The summed E-state index contributed by atoms with van der Waals surface area (Å²) in [6.45, 7) is 1.88. The Kier molecular flexibility index (Phi) is 3.84. The van der Waals surface area contributed by atoms with Gasteiger partial charge in [-0.25, -0.2) is 4.68 Å². The van der Waals surface area contributed by atoms with Gasteiger partial charge in [0.1, 0.15) is 11.4 Å². The van der Waals surface area contributed by atoms with Crippen LogP contribution in [0.15, 0.2) is 24.4 Å². The number of methoxy groups -OCH3 is 1. The van der Waals surface area contributed by atoms with E-state index in [1.165, 1.54) is 0 Å². The number of rotatable bonds is 4. The standard InChI is InChI=1S/C12H14ClN3O2/c1-3-11(17)10-7-16(15-14-10)8-4-5-9(13)12(6-8)18-2/h4-7,11,17H,3H2,1-2H3. The van der Waals surface area contributed by atoms with E-state index < -0.39 is 6.10 Å². The molecule has 0 amide bonds. The molecule has 6 heteroatoms. The van der Waals surface area contributed by atoms with Crippen LogP contribution in [0.5, 0.6) is 5.75 Å². The fourth-order valence-corrected chi connectivity index (χ4v) is 1.75. The van der Waals surface area contributed by atoms with E-state index in [0.29, 0.717) is 22.9 Å². The highest BCUT2D eigenvalue weighted by molar-refractivity contribution is 6.32. The van der Waals surface area contributed by atoms with Crippen LogP contribution in [0.2, 0.25) is 5.02 Å². The van der Waals surface area contributed by atoms with E-state index in [1.807, 2.05) is 13.0 Å². The average molecular weight is 268 g/mol. The molecule has 1 aromatic heterocycles. The van der Waals surface area contributed by atoms with E-state index >= 15 is 0 Å². The molecule has 0 fully saturated rings. The van der Waals surface area contributed by atoms with Crippen LogP contribution in [0.1, 0.15) is 25.1 Å². The molecule has 0 aliphatic rings. The summed E-state index contributed by atoms with van der Waals surface area (Å²) in [6.07, 6.45) is 1.70. The third kappa shape index (κ3) is 2.47. The fraction of sp³-hybridized carbons (Fsp3) is 0.333. The minimum absolute atomic E-state index is 0.537. The molecule has 0 aliphatic carbocycles. The summed E-state index contributed by atoms with van der Waals surface area (Å²) >= 11 is 5.95. The lowest BCUT2D eigenvalue weighted by Gasteiger charge is -2.05. The van der Waals surface area contributed by atoms with E-state index in [9.17, 15) is 5.11 Å². The van der Waals surface area contributed by atoms with Crippen molar-refractivity contribution in [3.8, 4) is 11.4 Å². The van der Waals surface area contributed by atoms with E-state index in [4.69, 9.17) is 16.3 Å². The maximum atomic E-state index is 9.67. The Morgan fingerprint density at radius 1 is 1.50 bits per heavy atom. The Morgan fingerprint density at radius 3 is 2.94 bits per heavy atom. The number of aromatic nitrogens is 3. The Morgan fingerprint density at radius 2 is 2.28 bits per heavy atom. The number of halogens is 1. The number of hydrogen-bond donors (Lipinski definition) is 1. The third-order valence-corrected chi connectivity index (χ3v) is 2.95. The molecule has 1 aromatic carbocycles. The topological polar surface area (TPSA) is 60.2 Å². The lowest BCUT2D eigenvalue weighted by Crippen LogP contribution is -1.96. The predicted octanol–water partition coefficient (Wildman–Crippen LogP) is 2.37. The van der Waals surface area contributed by atoms with Crippen molar-refractivity contribution in [3.63, 3.8) is 0 Å². The second-order valence-corrected chi connectivity index (χ2v) is 4.24. The first-order chi connectivity index (χ1) is 8.65. The van der Waals surface area contributed by atoms with Gasteiger partial charge in [0.15, 0.2) is 0 Å². The number of hydrogen-bond acceptors (Lipinski definition) is 4. The minimum Gasteiger partial charge on any atom is -0.495 e. The monoisotopic (exact) mass is 267 g/mol. The van der Waals surface area contributed by atoms with Gasteiger partial charge in [-0.1, -0.05) is 23.7 Å². The number of nitrogens with zero attached hydrogens (tertiary/aromatic N) is 3. The second kappa shape index (κ2) is 5.37. The van der Waals surface area contributed by atoms with Gasteiger partial charge >= 0.3 is 0 Å². The number of aliphatic hydroxyl groups excluding tert-OH is 1. The Bertz CT molecular complexity index is 542. The van der Waals surface area contributed by atoms with Crippen LogP contribution >= 0.6 is 11.6 Å². The quantitative estimate of drug-likeness (QED) is 0.924. The van der Waals surface area contributed by atoms with Gasteiger partial charge in [0.25, 0.3) is 0 Å². The van der Waals surface area contributed by atoms with Crippen LogP contribution in [0, 0.1) is 0 Å². The third-order valence-electron chi connectivity index (χ3n) is 2.64. The summed E-state index contributed by atoms with van der Waals surface area (Å²) in [4.78, 5) is 0. The molecule has 1 unspecified atom stereocenters. The van der Waals surface area contributed by atoms with E-state index in [2.05, 4.69) is 10.3 Å². The molecule has 0 saturated carbocycles. The molecule has 1 atom stereocenters. The zero-order valence-electron chi connectivity index (χ0n) is 10.2. The van der Waals surface area contributed by atoms with Gasteiger partial charge in [-0.15, -0.1) is 5.10 Å². The molecule has 0 radical (unpaired) electrons. The average Bonchev–Trinajstić information content (AvgIpc) is 2.88. The van der Waals surface area contributed by atoms with Crippen molar-refractivity contribution in [3.05, 3.63) is 35.1 Å². The van der Waals surface area contributed by atoms with Crippen molar-refractivity contribution >= 4 is 11.6 Å². The van der Waals surface area contributed by atoms with Crippen LogP contribution in [-0.4, -0.2) is 27.2 Å². The second-order valence-electron chi connectivity index (χ2n) is 3.83. The van der Waals surface area contributed by atoms with Crippen molar-refractivity contribution < 1.29 is 9.84 Å². The van der Waals surface area contributed by atoms with Crippen LogP contribution in [0.3, 0.4) is 0 Å². The van der Waals surface area contributed by atoms with Gasteiger partial charge in [-0.3, -0.25) is 0 Å². The van der Waals surface area contributed by atoms with Gasteiger partial charge in [0.05, 0.1) is 30.1 Å². The van der Waals surface area contributed by atoms with Crippen molar-refractivity contribution in [2.45, 2.75) is 19.4 Å². The Balaban J connectivity index is 2.34. The van der Waals surface area contributed by atoms with Crippen LogP contribution in [0.4, 0.5) is 0 Å². The largest absolute Gasteiger partial charge is 0.495 e. The van der Waals surface area contributed by atoms with E-state index in [0.717, 1.165) is 5.69 Å². The molecule has 1 N–H and O–H groups in total. The first-order valence-electron chi connectivity index (χ1n) is 5.60. The zero-order valence-corrected chi connectivity index (χ0v) is 10.9. The van der Waals surface area contributed by atoms with Gasteiger partial charge < -0.3 is 9.84 Å². The first-order valence-corrected chi connectivity index (χ1v) is 5.97. The van der Waals surface area contributed by atoms with Gasteiger partial charge in [0, 0.05) is 6.07 Å². The highest BCUT2D eigenvalue weighted by Gasteiger charge is 2.11. The Hall–Kier alpha value is -1.59. The molecule has 0 aliphatic heterocycles. The number of ether oxygens (including phenoxy) is 1.